The standard InChI is InChI=1S/C18H19BrN2O4S/c1-2-25-16-9-8-12(19)11-17(16)26(23,24)21-10-4-6-13-14(18(20)22)5-3-7-15(13)21/h3,5,7-9,11H,2,4,6,10H2,1H3,(H2,20,22). The number of hydrogen-bond donors (Lipinski definition) is 1. The summed E-state index contributed by atoms with van der Waals surface area (Å²) in [5.74, 6) is -0.257. The molecule has 0 aromatic heterocycles. The number of amides is 1. The molecule has 2 aromatic rings. The van der Waals surface area contributed by atoms with Crippen molar-refractivity contribution >= 4 is 37.5 Å². The summed E-state index contributed by atoms with van der Waals surface area (Å²) >= 11 is 3.33. The molecule has 2 aromatic carbocycles. The predicted molar refractivity (Wildman–Crippen MR) is 103 cm³/mol. The molecule has 1 amide bonds. The predicted octanol–water partition coefficient (Wildman–Crippen LogP) is 3.09. The van der Waals surface area contributed by atoms with Gasteiger partial charge in [0.05, 0.1) is 12.3 Å². The van der Waals surface area contributed by atoms with E-state index in [0.717, 1.165) is 0 Å². The highest BCUT2D eigenvalue weighted by Crippen LogP contribution is 2.37. The largest absolute Gasteiger partial charge is 0.492 e. The highest BCUT2D eigenvalue weighted by atomic mass is 79.9. The lowest BCUT2D eigenvalue weighted by Gasteiger charge is -2.31. The number of nitrogens with two attached hydrogens (primary N) is 1. The molecular weight excluding hydrogens is 420 g/mol. The van der Waals surface area contributed by atoms with Gasteiger partial charge in [0.2, 0.25) is 5.91 Å². The fraction of sp³-hybridized carbons (Fsp3) is 0.278. The molecule has 1 aliphatic heterocycles. The third-order valence-electron chi connectivity index (χ3n) is 4.25. The van der Waals surface area contributed by atoms with Crippen molar-refractivity contribution < 1.29 is 17.9 Å². The van der Waals surface area contributed by atoms with Crippen molar-refractivity contribution in [3.8, 4) is 5.75 Å². The molecule has 0 saturated carbocycles. The Labute approximate surface area is 161 Å². The summed E-state index contributed by atoms with van der Waals surface area (Å²) in [5.41, 5.74) is 6.98. The minimum Gasteiger partial charge on any atom is -0.492 e. The number of fused-ring (bicyclic) bond motifs is 1. The number of carbonyl (C=O) groups excluding carboxylic acids is 1. The molecule has 0 saturated heterocycles. The first-order valence-electron chi connectivity index (χ1n) is 8.23. The summed E-state index contributed by atoms with van der Waals surface area (Å²) in [6.45, 7) is 2.48. The zero-order valence-corrected chi connectivity index (χ0v) is 16.6. The maximum Gasteiger partial charge on any atom is 0.268 e. The van der Waals surface area contributed by atoms with Crippen LogP contribution in [0.5, 0.6) is 5.75 Å². The number of carbonyl (C=O) groups is 1. The smallest absolute Gasteiger partial charge is 0.268 e. The van der Waals surface area contributed by atoms with E-state index >= 15 is 0 Å². The topological polar surface area (TPSA) is 89.7 Å². The molecule has 2 N–H and O–H groups in total. The summed E-state index contributed by atoms with van der Waals surface area (Å²) < 4.78 is 34.3. The second-order valence-electron chi connectivity index (χ2n) is 5.87. The van der Waals surface area contributed by atoms with Gasteiger partial charge in [-0.2, -0.15) is 0 Å². The minimum absolute atomic E-state index is 0.0889. The van der Waals surface area contributed by atoms with Gasteiger partial charge < -0.3 is 10.5 Å². The zero-order chi connectivity index (χ0) is 18.9. The Balaban J connectivity index is 2.16. The van der Waals surface area contributed by atoms with Crippen molar-refractivity contribution in [3.63, 3.8) is 0 Å². The van der Waals surface area contributed by atoms with E-state index in [2.05, 4.69) is 15.9 Å². The van der Waals surface area contributed by atoms with Gasteiger partial charge in [0, 0.05) is 16.6 Å². The Morgan fingerprint density at radius 3 is 2.77 bits per heavy atom. The van der Waals surface area contributed by atoms with E-state index in [0.29, 0.717) is 53.0 Å². The molecule has 0 fully saturated rings. The van der Waals surface area contributed by atoms with Gasteiger partial charge in [-0.25, -0.2) is 8.42 Å². The van der Waals surface area contributed by atoms with Crippen molar-refractivity contribution in [2.24, 2.45) is 5.73 Å². The van der Waals surface area contributed by atoms with Crippen molar-refractivity contribution in [3.05, 3.63) is 52.0 Å². The molecule has 0 bridgehead atoms. The summed E-state index contributed by atoms with van der Waals surface area (Å²) in [6.07, 6.45) is 1.21. The molecule has 0 unspecified atom stereocenters. The van der Waals surface area contributed by atoms with Crippen LogP contribution in [0.1, 0.15) is 29.3 Å². The van der Waals surface area contributed by atoms with Gasteiger partial charge in [0.25, 0.3) is 10.0 Å². The SMILES string of the molecule is CCOc1ccc(Br)cc1S(=O)(=O)N1CCCc2c(C(N)=O)cccc21. The molecule has 6 nitrogen and oxygen atoms in total. The average Bonchev–Trinajstić information content (AvgIpc) is 2.62. The zero-order valence-electron chi connectivity index (χ0n) is 14.2. The van der Waals surface area contributed by atoms with Gasteiger partial charge in [0.15, 0.2) is 0 Å². The van der Waals surface area contributed by atoms with E-state index < -0.39 is 15.9 Å². The summed E-state index contributed by atoms with van der Waals surface area (Å²) in [5, 5.41) is 0. The Bertz CT molecular complexity index is 960. The highest BCUT2D eigenvalue weighted by Gasteiger charge is 2.33. The Morgan fingerprint density at radius 1 is 1.31 bits per heavy atom. The van der Waals surface area contributed by atoms with E-state index in [-0.39, 0.29) is 4.90 Å². The van der Waals surface area contributed by atoms with Gasteiger partial charge in [-0.3, -0.25) is 9.10 Å². The molecule has 0 atom stereocenters. The molecule has 0 spiro atoms. The molecule has 26 heavy (non-hydrogen) atoms. The van der Waals surface area contributed by atoms with Crippen LogP contribution in [0.25, 0.3) is 0 Å². The number of nitrogens with zero attached hydrogens (tertiary/aromatic N) is 1. The van der Waals surface area contributed by atoms with Crippen LogP contribution >= 0.6 is 15.9 Å². The first kappa shape index (κ1) is 18.7. The van der Waals surface area contributed by atoms with Gasteiger partial charge in [-0.15, -0.1) is 0 Å². The van der Waals surface area contributed by atoms with Crippen LogP contribution in [0.2, 0.25) is 0 Å². The molecule has 138 valence electrons. The molecule has 0 radical (unpaired) electrons. The Morgan fingerprint density at radius 2 is 2.08 bits per heavy atom. The molecular formula is C18H19BrN2O4S. The fourth-order valence-corrected chi connectivity index (χ4v) is 5.35. The van der Waals surface area contributed by atoms with Crippen molar-refractivity contribution in [1.82, 2.24) is 0 Å². The lowest BCUT2D eigenvalue weighted by Crippen LogP contribution is -2.36. The summed E-state index contributed by atoms with van der Waals surface area (Å²) in [7, 11) is -3.87. The summed E-state index contributed by atoms with van der Waals surface area (Å²) in [6, 6.07) is 9.88. The van der Waals surface area contributed by atoms with Crippen molar-refractivity contribution in [1.29, 1.82) is 0 Å². The van der Waals surface area contributed by atoms with Crippen LogP contribution in [0.4, 0.5) is 5.69 Å². The van der Waals surface area contributed by atoms with E-state index in [1.54, 1.807) is 37.3 Å². The number of sulfonamides is 1. The number of rotatable bonds is 5. The number of halogens is 1. The van der Waals surface area contributed by atoms with Crippen LogP contribution in [-0.4, -0.2) is 27.5 Å². The van der Waals surface area contributed by atoms with Crippen molar-refractivity contribution in [2.75, 3.05) is 17.5 Å². The van der Waals surface area contributed by atoms with Crippen LogP contribution in [0.15, 0.2) is 45.8 Å². The lowest BCUT2D eigenvalue weighted by atomic mass is 9.97. The van der Waals surface area contributed by atoms with Crippen molar-refractivity contribution in [2.45, 2.75) is 24.7 Å². The number of benzene rings is 2. The highest BCUT2D eigenvalue weighted by molar-refractivity contribution is 9.10. The molecule has 3 rings (SSSR count). The number of anilines is 1. The maximum absolute atomic E-state index is 13.4. The second kappa shape index (κ2) is 7.28. The molecule has 0 aliphatic carbocycles. The normalized spacial score (nSPS) is 14.0. The Kier molecular flexibility index (Phi) is 5.24. The molecule has 8 heteroatoms. The second-order valence-corrected chi connectivity index (χ2v) is 8.62. The van der Waals surface area contributed by atoms with Crippen LogP contribution < -0.4 is 14.8 Å². The number of ether oxygens (including phenoxy) is 1. The van der Waals surface area contributed by atoms with Gasteiger partial charge >= 0.3 is 0 Å². The maximum atomic E-state index is 13.4. The number of hydrogen-bond acceptors (Lipinski definition) is 4. The third-order valence-corrected chi connectivity index (χ3v) is 6.57. The third kappa shape index (κ3) is 3.31. The van der Waals surface area contributed by atoms with Crippen LogP contribution in [-0.2, 0) is 16.4 Å². The first-order chi connectivity index (χ1) is 12.4. The van der Waals surface area contributed by atoms with E-state index in [1.165, 1.54) is 10.4 Å². The quantitative estimate of drug-likeness (QED) is 0.776. The monoisotopic (exact) mass is 438 g/mol. The van der Waals surface area contributed by atoms with E-state index in [9.17, 15) is 13.2 Å². The Hall–Kier alpha value is -2.06. The molecule has 1 heterocycles. The first-order valence-corrected chi connectivity index (χ1v) is 10.5. The van der Waals surface area contributed by atoms with Crippen LogP contribution in [0, 0.1) is 0 Å². The van der Waals surface area contributed by atoms with Crippen LogP contribution in [0.3, 0.4) is 0 Å². The van der Waals surface area contributed by atoms with Gasteiger partial charge in [0.1, 0.15) is 10.6 Å². The fourth-order valence-electron chi connectivity index (χ4n) is 3.15. The minimum atomic E-state index is -3.87. The number of primary amides is 1. The van der Waals surface area contributed by atoms with Gasteiger partial charge in [-0.05, 0) is 55.7 Å². The van der Waals surface area contributed by atoms with E-state index in [1.807, 2.05) is 0 Å². The average molecular weight is 439 g/mol. The summed E-state index contributed by atoms with van der Waals surface area (Å²) in [4.78, 5) is 11.8. The lowest BCUT2D eigenvalue weighted by molar-refractivity contribution is 0.0999. The van der Waals surface area contributed by atoms with E-state index in [4.69, 9.17) is 10.5 Å². The molecule has 1 aliphatic rings. The van der Waals surface area contributed by atoms with Gasteiger partial charge in [-0.1, -0.05) is 22.0 Å².